The summed E-state index contributed by atoms with van der Waals surface area (Å²) >= 11 is 0. The highest BCUT2D eigenvalue weighted by Gasteiger charge is 2.24. The summed E-state index contributed by atoms with van der Waals surface area (Å²) < 4.78 is 2.23. The molecule has 0 bridgehead atoms. The third kappa shape index (κ3) is 3.63. The van der Waals surface area contributed by atoms with Gasteiger partial charge in [0.05, 0.1) is 5.69 Å². The Bertz CT molecular complexity index is 955. The van der Waals surface area contributed by atoms with E-state index in [0.717, 1.165) is 48.5 Å². The average Bonchev–Trinajstić information content (AvgIpc) is 2.86. The Labute approximate surface area is 159 Å². The molecule has 0 fully saturated rings. The number of carbonyl (C=O) groups is 1. The molecule has 0 unspecified atom stereocenters. The molecular weight excluding hydrogens is 336 g/mol. The van der Waals surface area contributed by atoms with E-state index in [9.17, 15) is 4.79 Å². The first-order valence-electron chi connectivity index (χ1n) is 9.52. The lowest BCUT2D eigenvalue weighted by Gasteiger charge is -2.09. The van der Waals surface area contributed by atoms with Crippen LogP contribution in [0.15, 0.2) is 42.6 Å². The highest BCUT2D eigenvalue weighted by atomic mass is 16.2. The van der Waals surface area contributed by atoms with Crippen LogP contribution in [0, 0.1) is 13.8 Å². The Hall–Kier alpha value is -2.95. The number of amides is 1. The summed E-state index contributed by atoms with van der Waals surface area (Å²) in [5.74, 6) is 1.25. The lowest BCUT2D eigenvalue weighted by Crippen LogP contribution is -2.16. The van der Waals surface area contributed by atoms with Crippen molar-refractivity contribution >= 4 is 11.7 Å². The van der Waals surface area contributed by atoms with Gasteiger partial charge in [0.2, 0.25) is 0 Å². The predicted octanol–water partition coefficient (Wildman–Crippen LogP) is 4.54. The molecule has 27 heavy (non-hydrogen) atoms. The first-order valence-corrected chi connectivity index (χ1v) is 9.52. The number of hydrogen-bond acceptors (Lipinski definition) is 3. The van der Waals surface area contributed by atoms with E-state index < -0.39 is 0 Å². The SMILES string of the molecule is Cc1ccc(-c2nc(C(=O)Nc3ccc(C)cn3)c3n2CCCCC3)cc1. The highest BCUT2D eigenvalue weighted by molar-refractivity contribution is 6.03. The Morgan fingerprint density at radius 3 is 2.52 bits per heavy atom. The molecule has 1 aliphatic heterocycles. The molecule has 0 saturated heterocycles. The molecule has 2 aromatic heterocycles. The zero-order chi connectivity index (χ0) is 18.8. The summed E-state index contributed by atoms with van der Waals surface area (Å²) in [6.45, 7) is 4.95. The summed E-state index contributed by atoms with van der Waals surface area (Å²) in [5.41, 5.74) is 4.88. The molecule has 1 aliphatic rings. The minimum absolute atomic E-state index is 0.185. The molecule has 1 N–H and O–H groups in total. The molecule has 0 aliphatic carbocycles. The van der Waals surface area contributed by atoms with Gasteiger partial charge in [-0.15, -0.1) is 0 Å². The quantitative estimate of drug-likeness (QED) is 0.746. The van der Waals surface area contributed by atoms with E-state index in [1.165, 1.54) is 12.0 Å². The summed E-state index contributed by atoms with van der Waals surface area (Å²) in [4.78, 5) is 22.0. The summed E-state index contributed by atoms with van der Waals surface area (Å²) in [7, 11) is 0. The molecule has 5 heteroatoms. The van der Waals surface area contributed by atoms with Crippen LogP contribution in [-0.2, 0) is 13.0 Å². The second-order valence-electron chi connectivity index (χ2n) is 7.23. The largest absolute Gasteiger partial charge is 0.327 e. The monoisotopic (exact) mass is 360 g/mol. The van der Waals surface area contributed by atoms with E-state index in [4.69, 9.17) is 4.98 Å². The first kappa shape index (κ1) is 17.5. The predicted molar refractivity (Wildman–Crippen MR) is 107 cm³/mol. The maximum Gasteiger partial charge on any atom is 0.277 e. The number of benzene rings is 1. The Morgan fingerprint density at radius 2 is 1.78 bits per heavy atom. The van der Waals surface area contributed by atoms with Gasteiger partial charge in [0.15, 0.2) is 0 Å². The summed E-state index contributed by atoms with van der Waals surface area (Å²) in [6.07, 6.45) is 6.00. The van der Waals surface area contributed by atoms with Gasteiger partial charge in [-0.05, 0) is 44.7 Å². The van der Waals surface area contributed by atoms with Gasteiger partial charge in [0.1, 0.15) is 17.3 Å². The van der Waals surface area contributed by atoms with Crippen LogP contribution in [0.5, 0.6) is 0 Å². The van der Waals surface area contributed by atoms with Crippen LogP contribution in [0.4, 0.5) is 5.82 Å². The number of anilines is 1. The fourth-order valence-electron chi connectivity index (χ4n) is 3.54. The van der Waals surface area contributed by atoms with E-state index in [-0.39, 0.29) is 5.91 Å². The van der Waals surface area contributed by atoms with Crippen LogP contribution in [-0.4, -0.2) is 20.4 Å². The molecule has 3 aromatic rings. The maximum absolute atomic E-state index is 13.0. The second kappa shape index (κ2) is 7.35. The molecule has 4 rings (SSSR count). The summed E-state index contributed by atoms with van der Waals surface area (Å²) in [6, 6.07) is 12.1. The van der Waals surface area contributed by atoms with Crippen molar-refractivity contribution < 1.29 is 4.79 Å². The van der Waals surface area contributed by atoms with Crippen LogP contribution in [0.25, 0.3) is 11.4 Å². The number of pyridine rings is 1. The minimum Gasteiger partial charge on any atom is -0.327 e. The van der Waals surface area contributed by atoms with Gasteiger partial charge in [-0.1, -0.05) is 42.3 Å². The van der Waals surface area contributed by atoms with Crippen molar-refractivity contribution in [3.63, 3.8) is 0 Å². The van der Waals surface area contributed by atoms with Gasteiger partial charge in [0.25, 0.3) is 5.91 Å². The number of aromatic nitrogens is 3. The number of imidazole rings is 1. The fourth-order valence-corrected chi connectivity index (χ4v) is 3.54. The molecule has 0 radical (unpaired) electrons. The standard InChI is InChI=1S/C22H24N4O/c1-15-7-10-17(11-8-15)21-25-20(18-6-4-3-5-13-26(18)21)22(27)24-19-12-9-16(2)14-23-19/h7-12,14H,3-6,13H2,1-2H3,(H,23,24,27). The Balaban J connectivity index is 1.72. The van der Waals surface area contributed by atoms with Gasteiger partial charge >= 0.3 is 0 Å². The van der Waals surface area contributed by atoms with Gasteiger partial charge in [-0.3, -0.25) is 4.79 Å². The molecular formula is C22H24N4O. The number of nitrogens with zero attached hydrogens (tertiary/aromatic N) is 3. The molecule has 1 amide bonds. The maximum atomic E-state index is 13.0. The molecule has 0 atom stereocenters. The molecule has 1 aromatic carbocycles. The lowest BCUT2D eigenvalue weighted by atomic mass is 10.1. The number of carbonyl (C=O) groups excluding carboxylic acids is 1. The van der Waals surface area contributed by atoms with Gasteiger partial charge in [0, 0.05) is 18.3 Å². The molecule has 5 nitrogen and oxygen atoms in total. The van der Waals surface area contributed by atoms with Crippen LogP contribution in [0.3, 0.4) is 0 Å². The second-order valence-corrected chi connectivity index (χ2v) is 7.23. The zero-order valence-corrected chi connectivity index (χ0v) is 15.8. The molecule has 3 heterocycles. The van der Waals surface area contributed by atoms with Crippen molar-refractivity contribution in [2.75, 3.05) is 5.32 Å². The van der Waals surface area contributed by atoms with Crippen LogP contribution < -0.4 is 5.32 Å². The molecule has 0 spiro atoms. The van der Waals surface area contributed by atoms with E-state index in [0.29, 0.717) is 11.5 Å². The number of aryl methyl sites for hydroxylation is 2. The van der Waals surface area contributed by atoms with Gasteiger partial charge in [-0.2, -0.15) is 0 Å². The summed E-state index contributed by atoms with van der Waals surface area (Å²) in [5, 5.41) is 2.90. The highest BCUT2D eigenvalue weighted by Crippen LogP contribution is 2.28. The van der Waals surface area contributed by atoms with Crippen molar-refractivity contribution in [2.24, 2.45) is 0 Å². The average molecular weight is 360 g/mol. The zero-order valence-electron chi connectivity index (χ0n) is 15.8. The van der Waals surface area contributed by atoms with Crippen molar-refractivity contribution in [1.29, 1.82) is 0 Å². The number of hydrogen-bond donors (Lipinski definition) is 1. The van der Waals surface area contributed by atoms with Crippen LogP contribution in [0.2, 0.25) is 0 Å². The van der Waals surface area contributed by atoms with Crippen LogP contribution in [0.1, 0.15) is 46.6 Å². The topological polar surface area (TPSA) is 59.8 Å². The Kier molecular flexibility index (Phi) is 4.75. The number of nitrogens with one attached hydrogen (secondary N) is 1. The normalized spacial score (nSPS) is 13.7. The van der Waals surface area contributed by atoms with E-state index in [1.54, 1.807) is 6.20 Å². The van der Waals surface area contributed by atoms with Crippen molar-refractivity contribution in [3.8, 4) is 11.4 Å². The van der Waals surface area contributed by atoms with E-state index in [2.05, 4.69) is 46.1 Å². The van der Waals surface area contributed by atoms with Crippen LogP contribution >= 0.6 is 0 Å². The third-order valence-corrected chi connectivity index (χ3v) is 5.05. The minimum atomic E-state index is -0.185. The van der Waals surface area contributed by atoms with Crippen molar-refractivity contribution in [3.05, 3.63) is 65.1 Å². The van der Waals surface area contributed by atoms with E-state index >= 15 is 0 Å². The van der Waals surface area contributed by atoms with Crippen molar-refractivity contribution in [2.45, 2.75) is 46.1 Å². The number of rotatable bonds is 3. The lowest BCUT2D eigenvalue weighted by molar-refractivity contribution is 0.102. The van der Waals surface area contributed by atoms with E-state index in [1.807, 2.05) is 19.1 Å². The van der Waals surface area contributed by atoms with Gasteiger partial charge in [-0.25, -0.2) is 9.97 Å². The Morgan fingerprint density at radius 1 is 1.00 bits per heavy atom. The fraction of sp³-hybridized carbons (Fsp3) is 0.318. The smallest absolute Gasteiger partial charge is 0.277 e. The number of fused-ring (bicyclic) bond motifs is 1. The first-order chi connectivity index (χ1) is 13.1. The molecule has 0 saturated carbocycles. The molecule has 138 valence electrons. The van der Waals surface area contributed by atoms with Crippen molar-refractivity contribution in [1.82, 2.24) is 14.5 Å². The third-order valence-electron chi connectivity index (χ3n) is 5.05. The van der Waals surface area contributed by atoms with Gasteiger partial charge < -0.3 is 9.88 Å².